The predicted molar refractivity (Wildman–Crippen MR) is 65.6 cm³/mol. The zero-order valence-corrected chi connectivity index (χ0v) is 9.60. The number of nitrogens with zero attached hydrogens (tertiary/aromatic N) is 1. The van der Waals surface area contributed by atoms with Gasteiger partial charge in [-0.05, 0) is 12.0 Å². The first-order chi connectivity index (χ1) is 7.29. The highest BCUT2D eigenvalue weighted by molar-refractivity contribution is 6.54. The van der Waals surface area contributed by atoms with Crippen LogP contribution in [0.15, 0.2) is 41.0 Å². The average molecular weight is 207 g/mol. The quantitative estimate of drug-likeness (QED) is 0.570. The van der Waals surface area contributed by atoms with Crippen LogP contribution in [-0.2, 0) is 4.76 Å². The molecular formula is C11H18BNO2. The number of hydrogen-bond donors (Lipinski definition) is 1. The van der Waals surface area contributed by atoms with Crippen LogP contribution in [0.25, 0.3) is 0 Å². The Hall–Kier alpha value is -1.29. The van der Waals surface area contributed by atoms with Crippen LogP contribution in [0.5, 0.6) is 0 Å². The SMILES string of the molecule is C=C/C=C\C1=C(CC)C=NOB1O.CC. The zero-order valence-electron chi connectivity index (χ0n) is 9.60. The number of rotatable bonds is 3. The smallest absolute Gasteiger partial charge is 0.427 e. The number of oxime groups is 1. The molecule has 1 rings (SSSR count). The van der Waals surface area contributed by atoms with Crippen molar-refractivity contribution in [1.82, 2.24) is 0 Å². The first-order valence-corrected chi connectivity index (χ1v) is 5.19. The van der Waals surface area contributed by atoms with Crippen molar-refractivity contribution in [1.29, 1.82) is 0 Å². The molecule has 1 N–H and O–H groups in total. The molecule has 0 radical (unpaired) electrons. The van der Waals surface area contributed by atoms with Gasteiger partial charge in [0.05, 0.1) is 6.21 Å². The molecule has 3 nitrogen and oxygen atoms in total. The molecule has 0 saturated heterocycles. The van der Waals surface area contributed by atoms with Crippen molar-refractivity contribution < 1.29 is 9.78 Å². The summed E-state index contributed by atoms with van der Waals surface area (Å²) in [5, 5.41) is 13.0. The Kier molecular flexibility index (Phi) is 7.37. The summed E-state index contributed by atoms with van der Waals surface area (Å²) in [6.45, 7) is 9.56. The van der Waals surface area contributed by atoms with E-state index in [4.69, 9.17) is 4.76 Å². The maximum atomic E-state index is 9.42. The van der Waals surface area contributed by atoms with E-state index in [1.807, 2.05) is 20.8 Å². The van der Waals surface area contributed by atoms with E-state index in [-0.39, 0.29) is 0 Å². The minimum atomic E-state index is -0.948. The molecule has 0 atom stereocenters. The summed E-state index contributed by atoms with van der Waals surface area (Å²) < 4.78 is 4.70. The molecule has 0 unspecified atom stereocenters. The second-order valence-corrected chi connectivity index (χ2v) is 2.62. The maximum Gasteiger partial charge on any atom is 0.583 e. The van der Waals surface area contributed by atoms with Gasteiger partial charge in [0.15, 0.2) is 0 Å². The molecule has 4 heteroatoms. The van der Waals surface area contributed by atoms with E-state index in [1.54, 1.807) is 24.4 Å². The Morgan fingerprint density at radius 2 is 2.27 bits per heavy atom. The molecule has 0 bridgehead atoms. The monoisotopic (exact) mass is 207 g/mol. The second-order valence-electron chi connectivity index (χ2n) is 2.62. The highest BCUT2D eigenvalue weighted by atomic mass is 16.6. The van der Waals surface area contributed by atoms with E-state index < -0.39 is 7.12 Å². The molecule has 1 aliphatic heterocycles. The van der Waals surface area contributed by atoms with Crippen LogP contribution in [0.3, 0.4) is 0 Å². The van der Waals surface area contributed by atoms with E-state index in [1.165, 1.54) is 0 Å². The summed E-state index contributed by atoms with van der Waals surface area (Å²) in [4.78, 5) is 0. The Labute approximate surface area is 92.0 Å². The standard InChI is InChI=1S/C9H12BNO2.C2H6/c1-3-5-6-9-8(4-2)7-11-13-10(9)12;1-2/h3,5-7,12H,1,4H2,2H3;1-2H3/b6-5-;. The predicted octanol–water partition coefficient (Wildman–Crippen LogP) is 2.50. The van der Waals surface area contributed by atoms with Crippen LogP contribution in [0.1, 0.15) is 27.2 Å². The maximum absolute atomic E-state index is 9.42. The lowest BCUT2D eigenvalue weighted by Gasteiger charge is -2.13. The van der Waals surface area contributed by atoms with Gasteiger partial charge in [-0.3, -0.25) is 0 Å². The normalized spacial score (nSPS) is 14.8. The van der Waals surface area contributed by atoms with Gasteiger partial charge in [0.1, 0.15) is 0 Å². The van der Waals surface area contributed by atoms with Crippen LogP contribution in [0.2, 0.25) is 0 Å². The first kappa shape index (κ1) is 13.7. The Morgan fingerprint density at radius 3 is 2.80 bits per heavy atom. The third kappa shape index (κ3) is 4.17. The largest absolute Gasteiger partial charge is 0.583 e. The van der Waals surface area contributed by atoms with Gasteiger partial charge in [-0.25, -0.2) is 0 Å². The molecule has 0 aromatic rings. The van der Waals surface area contributed by atoms with Crippen molar-refractivity contribution >= 4 is 13.3 Å². The van der Waals surface area contributed by atoms with Crippen LogP contribution in [-0.4, -0.2) is 18.4 Å². The fourth-order valence-electron chi connectivity index (χ4n) is 1.10. The van der Waals surface area contributed by atoms with E-state index in [0.29, 0.717) is 0 Å². The van der Waals surface area contributed by atoms with Gasteiger partial charge in [-0.15, -0.1) is 5.16 Å². The van der Waals surface area contributed by atoms with Gasteiger partial charge in [0.2, 0.25) is 0 Å². The van der Waals surface area contributed by atoms with Crippen LogP contribution < -0.4 is 0 Å². The molecule has 0 aliphatic carbocycles. The Balaban J connectivity index is 0.000000921. The molecule has 0 spiro atoms. The molecule has 0 saturated carbocycles. The summed E-state index contributed by atoms with van der Waals surface area (Å²) in [7, 11) is -0.948. The second kappa shape index (κ2) is 8.06. The van der Waals surface area contributed by atoms with Crippen LogP contribution >= 0.6 is 0 Å². The lowest BCUT2D eigenvalue weighted by Crippen LogP contribution is -2.23. The molecule has 0 amide bonds. The fraction of sp³-hybridized carbons (Fsp3) is 0.364. The molecular weight excluding hydrogens is 189 g/mol. The van der Waals surface area contributed by atoms with Crippen molar-refractivity contribution in [3.8, 4) is 0 Å². The number of allylic oxidation sites excluding steroid dienone is 5. The van der Waals surface area contributed by atoms with Crippen LogP contribution in [0, 0.1) is 0 Å². The van der Waals surface area contributed by atoms with Crippen molar-refractivity contribution in [2.24, 2.45) is 5.16 Å². The third-order valence-corrected chi connectivity index (χ3v) is 1.80. The molecule has 1 heterocycles. The molecule has 0 aromatic carbocycles. The summed E-state index contributed by atoms with van der Waals surface area (Å²) in [5.74, 6) is 0. The summed E-state index contributed by atoms with van der Waals surface area (Å²) in [6, 6.07) is 0. The lowest BCUT2D eigenvalue weighted by molar-refractivity contribution is 0.282. The van der Waals surface area contributed by atoms with Gasteiger partial charge in [0, 0.05) is 5.47 Å². The molecule has 15 heavy (non-hydrogen) atoms. The molecule has 82 valence electrons. The van der Waals surface area contributed by atoms with Gasteiger partial charge in [-0.1, -0.05) is 45.6 Å². The molecule has 0 aromatic heterocycles. The minimum absolute atomic E-state index is 0.748. The summed E-state index contributed by atoms with van der Waals surface area (Å²) in [6.07, 6.45) is 7.63. The molecule has 1 aliphatic rings. The lowest BCUT2D eigenvalue weighted by atomic mass is 9.74. The van der Waals surface area contributed by atoms with Gasteiger partial charge in [0.25, 0.3) is 0 Å². The van der Waals surface area contributed by atoms with E-state index >= 15 is 0 Å². The van der Waals surface area contributed by atoms with Crippen molar-refractivity contribution in [3.63, 3.8) is 0 Å². The topological polar surface area (TPSA) is 41.8 Å². The highest BCUT2D eigenvalue weighted by Gasteiger charge is 2.24. The Bertz CT molecular complexity index is 282. The van der Waals surface area contributed by atoms with Gasteiger partial charge >= 0.3 is 7.12 Å². The Morgan fingerprint density at radius 1 is 1.60 bits per heavy atom. The average Bonchev–Trinajstić information content (AvgIpc) is 2.30. The van der Waals surface area contributed by atoms with Crippen molar-refractivity contribution in [3.05, 3.63) is 35.9 Å². The summed E-state index contributed by atoms with van der Waals surface area (Å²) >= 11 is 0. The molecule has 0 fully saturated rings. The highest BCUT2D eigenvalue weighted by Crippen LogP contribution is 2.15. The van der Waals surface area contributed by atoms with E-state index in [9.17, 15) is 5.02 Å². The first-order valence-electron chi connectivity index (χ1n) is 5.19. The number of hydrogen-bond acceptors (Lipinski definition) is 3. The van der Waals surface area contributed by atoms with Crippen LogP contribution in [0.4, 0.5) is 0 Å². The summed E-state index contributed by atoms with van der Waals surface area (Å²) in [5.41, 5.74) is 1.73. The third-order valence-electron chi connectivity index (χ3n) is 1.80. The van der Waals surface area contributed by atoms with E-state index in [2.05, 4.69) is 11.7 Å². The fourth-order valence-corrected chi connectivity index (χ4v) is 1.10. The zero-order chi connectivity index (χ0) is 11.7. The van der Waals surface area contributed by atoms with Gasteiger partial charge in [-0.2, -0.15) is 0 Å². The van der Waals surface area contributed by atoms with E-state index in [0.717, 1.165) is 17.5 Å². The van der Waals surface area contributed by atoms with Crippen molar-refractivity contribution in [2.45, 2.75) is 27.2 Å². The minimum Gasteiger partial charge on any atom is -0.427 e. The van der Waals surface area contributed by atoms with Gasteiger partial charge < -0.3 is 9.78 Å². The van der Waals surface area contributed by atoms with Crippen molar-refractivity contribution in [2.75, 3.05) is 0 Å².